The monoisotopic (exact) mass is 325 g/mol. The van der Waals surface area contributed by atoms with E-state index in [4.69, 9.17) is 4.52 Å². The summed E-state index contributed by atoms with van der Waals surface area (Å²) in [6.07, 6.45) is 4.56. The third-order valence-electron chi connectivity index (χ3n) is 4.80. The third kappa shape index (κ3) is 2.68. The third-order valence-corrected chi connectivity index (χ3v) is 4.80. The molecule has 2 aliphatic rings. The quantitative estimate of drug-likeness (QED) is 0.866. The molecule has 0 radical (unpaired) electrons. The van der Waals surface area contributed by atoms with Crippen molar-refractivity contribution in [3.63, 3.8) is 0 Å². The fraction of sp³-hybridized carbons (Fsp3) is 0.389. The van der Waals surface area contributed by atoms with Crippen LogP contribution in [0.15, 0.2) is 41.1 Å². The van der Waals surface area contributed by atoms with E-state index in [-0.39, 0.29) is 17.6 Å². The molecule has 1 fully saturated rings. The summed E-state index contributed by atoms with van der Waals surface area (Å²) in [4.78, 5) is 25.2. The minimum atomic E-state index is -0.298. The van der Waals surface area contributed by atoms with E-state index >= 15 is 0 Å². The van der Waals surface area contributed by atoms with Crippen molar-refractivity contribution >= 4 is 11.8 Å². The lowest BCUT2D eigenvalue weighted by atomic mass is 10.0. The number of hydrogen-bond acceptors (Lipinski definition) is 4. The van der Waals surface area contributed by atoms with Gasteiger partial charge < -0.3 is 4.52 Å². The van der Waals surface area contributed by atoms with Crippen molar-refractivity contribution in [2.45, 2.75) is 25.7 Å². The molecule has 0 unspecified atom stereocenters. The molecule has 1 aromatic carbocycles. The van der Waals surface area contributed by atoms with Crippen LogP contribution in [-0.4, -0.2) is 40.1 Å². The first-order valence-electron chi connectivity index (χ1n) is 8.32. The number of nitrogens with zero attached hydrogens (tertiary/aromatic N) is 3. The fourth-order valence-corrected chi connectivity index (χ4v) is 3.68. The number of fused-ring (bicyclic) bond motifs is 1. The predicted octanol–water partition coefficient (Wildman–Crippen LogP) is 2.07. The summed E-state index contributed by atoms with van der Waals surface area (Å²) in [5.41, 5.74) is 2.68. The molecule has 1 aliphatic carbocycles. The van der Waals surface area contributed by atoms with Crippen LogP contribution in [0.3, 0.4) is 0 Å². The van der Waals surface area contributed by atoms with Crippen molar-refractivity contribution in [2.24, 2.45) is 5.92 Å². The predicted molar refractivity (Wildman–Crippen MR) is 85.8 cm³/mol. The van der Waals surface area contributed by atoms with Gasteiger partial charge in [0.05, 0.1) is 6.20 Å². The van der Waals surface area contributed by atoms with Crippen molar-refractivity contribution in [1.29, 1.82) is 0 Å². The highest BCUT2D eigenvalue weighted by Gasteiger charge is 2.34. The highest BCUT2D eigenvalue weighted by Crippen LogP contribution is 2.29. The maximum absolute atomic E-state index is 12.7. The van der Waals surface area contributed by atoms with E-state index in [1.165, 1.54) is 28.4 Å². The Balaban J connectivity index is 1.42. The first kappa shape index (κ1) is 14.9. The van der Waals surface area contributed by atoms with Crippen molar-refractivity contribution in [3.05, 3.63) is 53.4 Å². The van der Waals surface area contributed by atoms with Gasteiger partial charge in [-0.3, -0.25) is 14.6 Å². The molecule has 4 rings (SSSR count). The van der Waals surface area contributed by atoms with Gasteiger partial charge in [-0.2, -0.15) is 0 Å². The van der Waals surface area contributed by atoms with Gasteiger partial charge in [0.15, 0.2) is 0 Å². The molecule has 24 heavy (non-hydrogen) atoms. The first-order valence-corrected chi connectivity index (χ1v) is 8.32. The molecule has 0 N–H and O–H groups in total. The molecule has 2 heterocycles. The van der Waals surface area contributed by atoms with Crippen LogP contribution in [0.25, 0.3) is 0 Å². The zero-order valence-corrected chi connectivity index (χ0v) is 13.4. The SMILES string of the molecule is O=C(CC1Cc2ccccc2C1)N1CCCN1C(=O)c1ccno1. The van der Waals surface area contributed by atoms with E-state index < -0.39 is 0 Å². The first-order chi connectivity index (χ1) is 11.7. The highest BCUT2D eigenvalue weighted by molar-refractivity contribution is 5.93. The molecule has 1 saturated heterocycles. The topological polar surface area (TPSA) is 66.7 Å². The summed E-state index contributed by atoms with van der Waals surface area (Å²) in [5, 5.41) is 6.63. The van der Waals surface area contributed by atoms with Crippen LogP contribution in [0, 0.1) is 5.92 Å². The molecule has 2 amide bonds. The maximum atomic E-state index is 12.7. The van der Waals surface area contributed by atoms with Gasteiger partial charge in [-0.1, -0.05) is 29.4 Å². The van der Waals surface area contributed by atoms with Crippen molar-refractivity contribution < 1.29 is 14.1 Å². The number of carbonyl (C=O) groups excluding carboxylic acids is 2. The molecule has 6 nitrogen and oxygen atoms in total. The maximum Gasteiger partial charge on any atom is 0.311 e. The minimum Gasteiger partial charge on any atom is -0.351 e. The van der Waals surface area contributed by atoms with E-state index in [1.807, 2.05) is 12.1 Å². The number of hydrazine groups is 1. The number of aromatic nitrogens is 1. The van der Waals surface area contributed by atoms with E-state index in [2.05, 4.69) is 17.3 Å². The Morgan fingerprint density at radius 3 is 2.46 bits per heavy atom. The van der Waals surface area contributed by atoms with Gasteiger partial charge in [-0.15, -0.1) is 0 Å². The fourth-order valence-electron chi connectivity index (χ4n) is 3.68. The molecule has 1 aliphatic heterocycles. The van der Waals surface area contributed by atoms with Crippen LogP contribution < -0.4 is 0 Å². The van der Waals surface area contributed by atoms with Gasteiger partial charge in [-0.25, -0.2) is 5.01 Å². The summed E-state index contributed by atoms with van der Waals surface area (Å²) in [7, 11) is 0. The summed E-state index contributed by atoms with van der Waals surface area (Å²) in [5.74, 6) is 0.201. The summed E-state index contributed by atoms with van der Waals surface area (Å²) in [6.45, 7) is 1.12. The molecule has 1 aromatic heterocycles. The number of carbonyl (C=O) groups is 2. The van der Waals surface area contributed by atoms with Gasteiger partial charge in [-0.05, 0) is 36.3 Å². The lowest BCUT2D eigenvalue weighted by Gasteiger charge is -2.27. The van der Waals surface area contributed by atoms with Crippen molar-refractivity contribution in [1.82, 2.24) is 15.2 Å². The van der Waals surface area contributed by atoms with Gasteiger partial charge in [0, 0.05) is 25.6 Å². The van der Waals surface area contributed by atoms with Crippen LogP contribution in [0.5, 0.6) is 0 Å². The van der Waals surface area contributed by atoms with E-state index in [1.54, 1.807) is 5.01 Å². The number of benzene rings is 1. The lowest BCUT2D eigenvalue weighted by molar-refractivity contribution is -0.141. The lowest BCUT2D eigenvalue weighted by Crippen LogP contribution is -2.45. The number of rotatable bonds is 3. The molecule has 0 saturated carbocycles. The minimum absolute atomic E-state index is 0.0122. The second-order valence-electron chi connectivity index (χ2n) is 6.42. The largest absolute Gasteiger partial charge is 0.351 e. The molecule has 0 bridgehead atoms. The zero-order valence-electron chi connectivity index (χ0n) is 13.4. The normalized spacial score (nSPS) is 17.3. The number of hydrogen-bond donors (Lipinski definition) is 0. The second-order valence-corrected chi connectivity index (χ2v) is 6.42. The molecular formula is C18H19N3O3. The Morgan fingerprint density at radius 1 is 1.08 bits per heavy atom. The summed E-state index contributed by atoms with van der Waals surface area (Å²) in [6, 6.07) is 9.88. The Kier molecular flexibility index (Phi) is 3.80. The van der Waals surface area contributed by atoms with Gasteiger partial charge in [0.2, 0.25) is 11.7 Å². The molecule has 124 valence electrons. The Labute approximate surface area is 140 Å². The molecule has 2 aromatic rings. The van der Waals surface area contributed by atoms with Gasteiger partial charge in [0.25, 0.3) is 0 Å². The molecule has 6 heteroatoms. The second kappa shape index (κ2) is 6.11. The average Bonchev–Trinajstić information content (AvgIpc) is 3.32. The van der Waals surface area contributed by atoms with E-state index in [9.17, 15) is 9.59 Å². The Hall–Kier alpha value is -2.63. The molecule has 0 spiro atoms. The zero-order chi connectivity index (χ0) is 16.5. The molecule has 0 atom stereocenters. The summed E-state index contributed by atoms with van der Waals surface area (Å²) >= 11 is 0. The van der Waals surface area contributed by atoms with Gasteiger partial charge >= 0.3 is 5.91 Å². The highest BCUT2D eigenvalue weighted by atomic mass is 16.5. The van der Waals surface area contributed by atoms with Gasteiger partial charge in [0.1, 0.15) is 0 Å². The van der Waals surface area contributed by atoms with Crippen molar-refractivity contribution in [3.8, 4) is 0 Å². The van der Waals surface area contributed by atoms with Crippen LogP contribution in [0.4, 0.5) is 0 Å². The standard InChI is InChI=1S/C18H19N3O3/c22-17(12-13-10-14-4-1-2-5-15(14)11-13)20-8-3-9-21(20)18(23)16-6-7-19-24-16/h1-2,4-7,13H,3,8-12H2. The van der Waals surface area contributed by atoms with E-state index in [0.717, 1.165) is 19.3 Å². The van der Waals surface area contributed by atoms with E-state index in [0.29, 0.717) is 25.4 Å². The summed E-state index contributed by atoms with van der Waals surface area (Å²) < 4.78 is 4.93. The number of amides is 2. The Bertz CT molecular complexity index is 732. The smallest absolute Gasteiger partial charge is 0.311 e. The van der Waals surface area contributed by atoms with Crippen LogP contribution in [-0.2, 0) is 17.6 Å². The van der Waals surface area contributed by atoms with Crippen molar-refractivity contribution in [2.75, 3.05) is 13.1 Å². The average molecular weight is 325 g/mol. The van der Waals surface area contributed by atoms with Crippen LogP contribution in [0.1, 0.15) is 34.5 Å². The Morgan fingerprint density at radius 2 is 1.79 bits per heavy atom. The molecular weight excluding hydrogens is 306 g/mol. The van der Waals surface area contributed by atoms with Crippen LogP contribution >= 0.6 is 0 Å². The van der Waals surface area contributed by atoms with Crippen LogP contribution in [0.2, 0.25) is 0 Å².